The molecule has 0 saturated heterocycles. The summed E-state index contributed by atoms with van der Waals surface area (Å²) in [6.45, 7) is 4.56. The van der Waals surface area contributed by atoms with Gasteiger partial charge < -0.3 is 14.5 Å². The van der Waals surface area contributed by atoms with E-state index in [9.17, 15) is 0 Å². The van der Waals surface area contributed by atoms with Crippen LogP contribution in [0.3, 0.4) is 0 Å². The first-order valence-electron chi connectivity index (χ1n) is 22.3. The van der Waals surface area contributed by atoms with Crippen LogP contribution in [0, 0.1) is 0 Å². The molecule has 3 heteroatoms. The zero-order valence-corrected chi connectivity index (χ0v) is 34.2. The summed E-state index contributed by atoms with van der Waals surface area (Å²) in [4.78, 5) is 3.70. The lowest BCUT2D eigenvalue weighted by molar-refractivity contribution is 0.258. The summed E-state index contributed by atoms with van der Waals surface area (Å²) in [6.07, 6.45) is 29.1. The average Bonchev–Trinajstić information content (AvgIpc) is 3.88. The van der Waals surface area contributed by atoms with E-state index in [1.807, 2.05) is 0 Å². The molecule has 0 amide bonds. The van der Waals surface area contributed by atoms with Crippen LogP contribution in [0.15, 0.2) is 168 Å². The first-order valence-corrected chi connectivity index (χ1v) is 22.3. The molecule has 0 spiro atoms. The Labute approximate surface area is 352 Å². The minimum atomic E-state index is 0.00850. The van der Waals surface area contributed by atoms with E-state index in [4.69, 9.17) is 9.47 Å². The van der Waals surface area contributed by atoms with Gasteiger partial charge >= 0.3 is 0 Å². The zero-order valence-electron chi connectivity index (χ0n) is 34.2. The van der Waals surface area contributed by atoms with E-state index in [1.54, 1.807) is 11.1 Å². The molecule has 2 aliphatic heterocycles. The topological polar surface area (TPSA) is 34.2 Å². The molecule has 2 unspecified atom stereocenters. The van der Waals surface area contributed by atoms with Crippen molar-refractivity contribution in [2.24, 2.45) is 0 Å². The molecule has 3 nitrogen and oxygen atoms in total. The van der Waals surface area contributed by atoms with Gasteiger partial charge in [0.25, 0.3) is 0 Å². The highest BCUT2D eigenvalue weighted by atomic mass is 16.5. The normalized spacial score (nSPS) is 21.2. The lowest BCUT2D eigenvalue weighted by atomic mass is 9.77. The van der Waals surface area contributed by atoms with E-state index in [1.165, 1.54) is 95.5 Å². The second-order valence-electron chi connectivity index (χ2n) is 17.7. The van der Waals surface area contributed by atoms with E-state index >= 15 is 0 Å². The largest absolute Gasteiger partial charge is 0.484 e. The number of aromatic nitrogens is 1. The molecular formula is C57H49NO2. The van der Waals surface area contributed by atoms with Crippen molar-refractivity contribution >= 4 is 27.4 Å². The van der Waals surface area contributed by atoms with Crippen molar-refractivity contribution in [3.63, 3.8) is 0 Å². The fraction of sp³-hybridized carbons (Fsp3) is 0.228. The average molecular weight is 780 g/mol. The van der Waals surface area contributed by atoms with E-state index in [2.05, 4.69) is 145 Å². The number of para-hydroxylation sites is 2. The number of benzene rings is 5. The molecule has 12 rings (SSSR count). The van der Waals surface area contributed by atoms with Crippen molar-refractivity contribution < 1.29 is 9.47 Å². The van der Waals surface area contributed by atoms with Gasteiger partial charge in [0, 0.05) is 50.0 Å². The summed E-state index contributed by atoms with van der Waals surface area (Å²) in [5, 5.41) is 2.36. The Morgan fingerprint density at radius 2 is 1.37 bits per heavy atom. The molecule has 0 bridgehead atoms. The molecule has 4 aliphatic carbocycles. The second-order valence-corrected chi connectivity index (χ2v) is 17.7. The van der Waals surface area contributed by atoms with Gasteiger partial charge in [0.1, 0.15) is 23.4 Å². The van der Waals surface area contributed by atoms with Gasteiger partial charge in [-0.1, -0.05) is 121 Å². The Morgan fingerprint density at radius 1 is 0.617 bits per heavy atom. The number of hydrogen-bond donors (Lipinski definition) is 1. The summed E-state index contributed by atoms with van der Waals surface area (Å²) < 4.78 is 14.0. The van der Waals surface area contributed by atoms with Crippen LogP contribution in [-0.4, -0.2) is 11.1 Å². The number of aromatic amines is 1. The van der Waals surface area contributed by atoms with Crippen molar-refractivity contribution in [1.82, 2.24) is 4.98 Å². The fourth-order valence-electron chi connectivity index (χ4n) is 11.0. The summed E-state index contributed by atoms with van der Waals surface area (Å²) in [5.41, 5.74) is 20.4. The van der Waals surface area contributed by atoms with Crippen molar-refractivity contribution in [3.05, 3.63) is 196 Å². The summed E-state index contributed by atoms with van der Waals surface area (Å²) in [7, 11) is 0. The van der Waals surface area contributed by atoms with E-state index in [-0.39, 0.29) is 12.0 Å². The van der Waals surface area contributed by atoms with Crippen LogP contribution < -0.4 is 9.47 Å². The van der Waals surface area contributed by atoms with Crippen LogP contribution in [0.4, 0.5) is 0 Å². The van der Waals surface area contributed by atoms with Crippen molar-refractivity contribution in [1.29, 1.82) is 0 Å². The van der Waals surface area contributed by atoms with Gasteiger partial charge in [0.2, 0.25) is 0 Å². The maximum Gasteiger partial charge on any atom is 0.138 e. The van der Waals surface area contributed by atoms with E-state index in [0.717, 1.165) is 75.2 Å². The third-order valence-corrected chi connectivity index (χ3v) is 14.2. The Bertz CT molecular complexity index is 2990. The molecule has 294 valence electrons. The Hall–Kier alpha value is -6.32. The molecule has 5 aromatic carbocycles. The van der Waals surface area contributed by atoms with Gasteiger partial charge in [0.15, 0.2) is 0 Å². The molecule has 1 N–H and O–H groups in total. The van der Waals surface area contributed by atoms with Crippen molar-refractivity contribution in [3.8, 4) is 33.8 Å². The quantitative estimate of drug-likeness (QED) is 0.193. The summed E-state index contributed by atoms with van der Waals surface area (Å²) in [5.74, 6) is 2.78. The molecule has 3 heterocycles. The lowest BCUT2D eigenvalue weighted by Crippen LogP contribution is -2.24. The van der Waals surface area contributed by atoms with Crippen molar-refractivity contribution in [2.45, 2.75) is 82.7 Å². The molecule has 6 aromatic rings. The minimum absolute atomic E-state index is 0.00850. The third kappa shape index (κ3) is 6.00. The highest BCUT2D eigenvalue weighted by Crippen LogP contribution is 2.51. The summed E-state index contributed by atoms with van der Waals surface area (Å²) in [6, 6.07) is 33.7. The summed E-state index contributed by atoms with van der Waals surface area (Å²) >= 11 is 0. The van der Waals surface area contributed by atoms with Gasteiger partial charge in [-0.05, 0) is 145 Å². The van der Waals surface area contributed by atoms with Gasteiger partial charge in [-0.3, -0.25) is 0 Å². The van der Waals surface area contributed by atoms with Gasteiger partial charge in [-0.25, -0.2) is 0 Å². The molecule has 0 fully saturated rings. The lowest BCUT2D eigenvalue weighted by Gasteiger charge is -2.29. The number of hydrogen-bond acceptors (Lipinski definition) is 2. The van der Waals surface area contributed by atoms with Crippen LogP contribution in [0.2, 0.25) is 0 Å². The number of H-pyrrole nitrogens is 1. The second kappa shape index (κ2) is 14.4. The number of allylic oxidation sites excluding steroid dienone is 9. The van der Waals surface area contributed by atoms with E-state index < -0.39 is 0 Å². The third-order valence-electron chi connectivity index (χ3n) is 14.2. The minimum Gasteiger partial charge on any atom is -0.484 e. The standard InChI is InChI=1S/C57H49NO2/c1-35-45(17-7-6-13-38-16-8-18-46(55(38)59-35)41-25-23-36-11-2-4-14-39(36)31-41)43-27-29-53-51(33-43)52-34-44(28-30-54(52)58-53)48-20-10-22-50-49-21-9-19-47(56(49)60-57(48)50)42-26-24-37-12-3-5-15-40(37)32-42/h6-10,16-23,25,27-34,49,56,58H,1-5,11-15,24,26H2/b7-6-,45-17?. The molecule has 0 saturated carbocycles. The monoisotopic (exact) mass is 779 g/mol. The van der Waals surface area contributed by atoms with Crippen molar-refractivity contribution in [2.75, 3.05) is 0 Å². The Morgan fingerprint density at radius 3 is 2.27 bits per heavy atom. The van der Waals surface area contributed by atoms with Crippen LogP contribution in [0.5, 0.6) is 11.5 Å². The molecule has 2 atom stereocenters. The van der Waals surface area contributed by atoms with Crippen LogP contribution in [0.25, 0.3) is 49.6 Å². The molecule has 0 radical (unpaired) electrons. The number of rotatable bonds is 4. The first-order chi connectivity index (χ1) is 29.6. The molecule has 1 aromatic heterocycles. The first kappa shape index (κ1) is 35.6. The number of nitrogens with one attached hydrogen (secondary N) is 1. The molecule has 60 heavy (non-hydrogen) atoms. The fourth-order valence-corrected chi connectivity index (χ4v) is 11.0. The zero-order chi connectivity index (χ0) is 39.7. The maximum absolute atomic E-state index is 7.09. The number of aryl methyl sites for hydroxylation is 2. The highest BCUT2D eigenvalue weighted by molar-refractivity contribution is 6.09. The predicted octanol–water partition coefficient (Wildman–Crippen LogP) is 14.6. The van der Waals surface area contributed by atoms with Crippen LogP contribution >= 0.6 is 0 Å². The van der Waals surface area contributed by atoms with E-state index in [0.29, 0.717) is 5.76 Å². The maximum atomic E-state index is 7.09. The van der Waals surface area contributed by atoms with Gasteiger partial charge in [0.05, 0.1) is 0 Å². The SMILES string of the molecule is C=C1Oc2c(cccc2-c2ccc3c(c2)CCCC3)C/C=C\C=C1c1ccc2[nH]c3ccc(-c4cccc5c4OC4C(C6=CC7=C(CCCC7)CC6)=CC=CC54)cc3c2c1. The highest BCUT2D eigenvalue weighted by Gasteiger charge is 2.39. The number of ether oxygens (including phenoxy) is 2. The molecule has 6 aliphatic rings. The Kier molecular flexibility index (Phi) is 8.58. The Balaban J connectivity index is 0.873. The van der Waals surface area contributed by atoms with Crippen LogP contribution in [0.1, 0.15) is 85.1 Å². The predicted molar refractivity (Wildman–Crippen MR) is 248 cm³/mol. The van der Waals surface area contributed by atoms with Gasteiger partial charge in [-0.15, -0.1) is 0 Å². The van der Waals surface area contributed by atoms with Crippen LogP contribution in [-0.2, 0) is 19.3 Å². The molecular weight excluding hydrogens is 731 g/mol. The number of fused-ring (bicyclic) bond motifs is 8. The van der Waals surface area contributed by atoms with Gasteiger partial charge in [-0.2, -0.15) is 0 Å². The smallest absolute Gasteiger partial charge is 0.138 e.